The van der Waals surface area contributed by atoms with Crippen LogP contribution in [0.1, 0.15) is 52.6 Å². The maximum absolute atomic E-state index is 13.6. The minimum Gasteiger partial charge on any atom is -0.333 e. The van der Waals surface area contributed by atoms with Crippen LogP contribution in [0.5, 0.6) is 0 Å². The van der Waals surface area contributed by atoms with E-state index in [2.05, 4.69) is 53.1 Å². The number of aromatic nitrogens is 3. The summed E-state index contributed by atoms with van der Waals surface area (Å²) in [5, 5.41) is 4.49. The molecule has 1 fully saturated rings. The zero-order chi connectivity index (χ0) is 23.2. The fourth-order valence-corrected chi connectivity index (χ4v) is 4.66. The molecule has 0 atom stereocenters. The number of carbonyl (C=O) groups excluding carboxylic acids is 1. The van der Waals surface area contributed by atoms with Crippen molar-refractivity contribution in [2.75, 3.05) is 19.6 Å². The van der Waals surface area contributed by atoms with Crippen molar-refractivity contribution in [1.82, 2.24) is 24.6 Å². The number of piperidine rings is 1. The molecule has 4 rings (SSSR count). The number of hydrogen-bond donors (Lipinski definition) is 0. The molecule has 6 heteroatoms. The molecule has 3 aromatic rings. The molecule has 0 N–H and O–H groups in total. The van der Waals surface area contributed by atoms with Gasteiger partial charge in [-0.15, -0.1) is 0 Å². The Bertz CT molecular complexity index is 1050. The average molecular weight is 446 g/mol. The Morgan fingerprint density at radius 2 is 1.94 bits per heavy atom. The second-order valence-electron chi connectivity index (χ2n) is 9.19. The standard InChI is InChI=1S/C27H35N5O/c1-4-25-16-26(30(3)29-25)27(33)32(19-23-9-7-13-28-17-23)18-22-11-14-31(15-12-22)20-24-10-6-5-8-21(24)2/h5-10,13,16-17,22H,4,11-12,14-15,18-20H2,1-3H3. The Morgan fingerprint density at radius 3 is 2.61 bits per heavy atom. The maximum Gasteiger partial charge on any atom is 0.272 e. The molecule has 3 heterocycles. The molecule has 0 bridgehead atoms. The summed E-state index contributed by atoms with van der Waals surface area (Å²) in [6, 6.07) is 14.5. The van der Waals surface area contributed by atoms with Gasteiger partial charge < -0.3 is 4.90 Å². The van der Waals surface area contributed by atoms with Gasteiger partial charge in [-0.3, -0.25) is 19.4 Å². The molecule has 33 heavy (non-hydrogen) atoms. The number of aryl methyl sites for hydroxylation is 3. The van der Waals surface area contributed by atoms with Crippen molar-refractivity contribution >= 4 is 5.91 Å². The van der Waals surface area contributed by atoms with Gasteiger partial charge in [-0.1, -0.05) is 37.3 Å². The van der Waals surface area contributed by atoms with E-state index in [9.17, 15) is 4.79 Å². The van der Waals surface area contributed by atoms with E-state index < -0.39 is 0 Å². The highest BCUT2D eigenvalue weighted by atomic mass is 16.2. The third-order valence-electron chi connectivity index (χ3n) is 6.74. The molecule has 2 aromatic heterocycles. The molecule has 174 valence electrons. The minimum absolute atomic E-state index is 0.0518. The molecule has 1 aliphatic heterocycles. The molecule has 1 amide bonds. The van der Waals surface area contributed by atoms with Crippen LogP contribution in [0.25, 0.3) is 0 Å². The predicted octanol–water partition coefficient (Wildman–Crippen LogP) is 4.24. The van der Waals surface area contributed by atoms with E-state index in [4.69, 9.17) is 0 Å². The lowest BCUT2D eigenvalue weighted by Crippen LogP contribution is -2.41. The summed E-state index contributed by atoms with van der Waals surface area (Å²) in [4.78, 5) is 22.3. The first-order valence-corrected chi connectivity index (χ1v) is 12.0. The second kappa shape index (κ2) is 10.8. The molecule has 0 aliphatic carbocycles. The summed E-state index contributed by atoms with van der Waals surface area (Å²) in [6.07, 6.45) is 6.66. The summed E-state index contributed by atoms with van der Waals surface area (Å²) >= 11 is 0. The zero-order valence-corrected chi connectivity index (χ0v) is 20.1. The first kappa shape index (κ1) is 23.2. The normalized spacial score (nSPS) is 15.0. The maximum atomic E-state index is 13.6. The zero-order valence-electron chi connectivity index (χ0n) is 20.1. The Balaban J connectivity index is 1.42. The fraction of sp³-hybridized carbons (Fsp3) is 0.444. The summed E-state index contributed by atoms with van der Waals surface area (Å²) in [7, 11) is 1.86. The van der Waals surface area contributed by atoms with Crippen LogP contribution in [0.15, 0.2) is 54.9 Å². The number of nitrogens with zero attached hydrogens (tertiary/aromatic N) is 5. The smallest absolute Gasteiger partial charge is 0.272 e. The molecule has 0 unspecified atom stereocenters. The van der Waals surface area contributed by atoms with Crippen LogP contribution >= 0.6 is 0 Å². The van der Waals surface area contributed by atoms with Crippen molar-refractivity contribution < 1.29 is 4.79 Å². The number of carbonyl (C=O) groups is 1. The van der Waals surface area contributed by atoms with E-state index in [1.54, 1.807) is 10.9 Å². The molecule has 6 nitrogen and oxygen atoms in total. The van der Waals surface area contributed by atoms with Crippen LogP contribution in [0, 0.1) is 12.8 Å². The number of benzene rings is 1. The first-order valence-electron chi connectivity index (χ1n) is 12.0. The highest BCUT2D eigenvalue weighted by Gasteiger charge is 2.26. The lowest BCUT2D eigenvalue weighted by atomic mass is 9.95. The van der Waals surface area contributed by atoms with Gasteiger partial charge in [0.1, 0.15) is 5.69 Å². The van der Waals surface area contributed by atoms with Crippen LogP contribution in [0.2, 0.25) is 0 Å². The Morgan fingerprint density at radius 1 is 1.15 bits per heavy atom. The summed E-state index contributed by atoms with van der Waals surface area (Å²) < 4.78 is 1.72. The van der Waals surface area contributed by atoms with E-state index in [0.717, 1.165) is 56.7 Å². The number of pyridine rings is 1. The number of amides is 1. The van der Waals surface area contributed by atoms with Gasteiger partial charge in [0, 0.05) is 39.1 Å². The fourth-order valence-electron chi connectivity index (χ4n) is 4.66. The van der Waals surface area contributed by atoms with E-state index in [1.165, 1.54) is 11.1 Å². The average Bonchev–Trinajstić information content (AvgIpc) is 3.22. The predicted molar refractivity (Wildman–Crippen MR) is 131 cm³/mol. The van der Waals surface area contributed by atoms with Crippen LogP contribution in [-0.4, -0.2) is 50.1 Å². The van der Waals surface area contributed by atoms with Crippen LogP contribution in [0.4, 0.5) is 0 Å². The van der Waals surface area contributed by atoms with E-state index in [1.807, 2.05) is 36.3 Å². The monoisotopic (exact) mass is 445 g/mol. The lowest BCUT2D eigenvalue weighted by molar-refractivity contribution is 0.0660. The molecule has 1 saturated heterocycles. The highest BCUT2D eigenvalue weighted by molar-refractivity contribution is 5.92. The molecule has 0 saturated carbocycles. The quantitative estimate of drug-likeness (QED) is 0.520. The van der Waals surface area contributed by atoms with E-state index in [0.29, 0.717) is 18.2 Å². The van der Waals surface area contributed by atoms with Crippen LogP contribution < -0.4 is 0 Å². The second-order valence-corrected chi connectivity index (χ2v) is 9.19. The van der Waals surface area contributed by atoms with Crippen LogP contribution in [0.3, 0.4) is 0 Å². The molecular weight excluding hydrogens is 410 g/mol. The number of likely N-dealkylation sites (tertiary alicyclic amines) is 1. The molecule has 1 aromatic carbocycles. The SMILES string of the molecule is CCc1cc(C(=O)N(Cc2cccnc2)CC2CCN(Cc3ccccc3C)CC2)n(C)n1. The Kier molecular flexibility index (Phi) is 7.55. The van der Waals surface area contributed by atoms with Crippen molar-refractivity contribution in [2.45, 2.75) is 46.2 Å². The van der Waals surface area contributed by atoms with Gasteiger partial charge in [-0.05, 0) is 74.0 Å². The summed E-state index contributed by atoms with van der Waals surface area (Å²) in [5.41, 5.74) is 5.43. The van der Waals surface area contributed by atoms with Crippen molar-refractivity contribution in [3.8, 4) is 0 Å². The Hall–Kier alpha value is -2.99. The van der Waals surface area contributed by atoms with Crippen molar-refractivity contribution in [3.63, 3.8) is 0 Å². The van der Waals surface area contributed by atoms with Crippen molar-refractivity contribution in [1.29, 1.82) is 0 Å². The van der Waals surface area contributed by atoms with Gasteiger partial charge in [0.25, 0.3) is 5.91 Å². The highest BCUT2D eigenvalue weighted by Crippen LogP contribution is 2.23. The largest absolute Gasteiger partial charge is 0.333 e. The number of hydrogen-bond acceptors (Lipinski definition) is 4. The summed E-state index contributed by atoms with van der Waals surface area (Å²) in [5.74, 6) is 0.550. The van der Waals surface area contributed by atoms with Crippen molar-refractivity contribution in [2.24, 2.45) is 13.0 Å². The summed E-state index contributed by atoms with van der Waals surface area (Å²) in [6.45, 7) is 8.73. The lowest BCUT2D eigenvalue weighted by Gasteiger charge is -2.35. The first-order chi connectivity index (χ1) is 16.0. The van der Waals surface area contributed by atoms with Gasteiger partial charge in [0.05, 0.1) is 5.69 Å². The van der Waals surface area contributed by atoms with Gasteiger partial charge in [-0.2, -0.15) is 5.10 Å². The van der Waals surface area contributed by atoms with Crippen molar-refractivity contribution in [3.05, 3.63) is 82.9 Å². The van der Waals surface area contributed by atoms with E-state index in [-0.39, 0.29) is 5.91 Å². The molecule has 0 spiro atoms. The van der Waals surface area contributed by atoms with Crippen LogP contribution in [-0.2, 0) is 26.6 Å². The molecule has 0 radical (unpaired) electrons. The number of rotatable bonds is 8. The van der Waals surface area contributed by atoms with Gasteiger partial charge in [0.15, 0.2) is 0 Å². The third-order valence-corrected chi connectivity index (χ3v) is 6.74. The molecule has 1 aliphatic rings. The van der Waals surface area contributed by atoms with Gasteiger partial charge in [-0.25, -0.2) is 0 Å². The Labute approximate surface area is 197 Å². The molecular formula is C27H35N5O. The third kappa shape index (κ3) is 5.88. The van der Waals surface area contributed by atoms with Gasteiger partial charge >= 0.3 is 0 Å². The van der Waals surface area contributed by atoms with Gasteiger partial charge in [0.2, 0.25) is 0 Å². The minimum atomic E-state index is 0.0518. The van der Waals surface area contributed by atoms with E-state index >= 15 is 0 Å². The topological polar surface area (TPSA) is 54.3 Å².